The van der Waals surface area contributed by atoms with Gasteiger partial charge in [-0.1, -0.05) is 34.8 Å². The second-order valence-corrected chi connectivity index (χ2v) is 12.9. The standard InChI is InChI=1S/C28H30N6O2S4/c1-5-13-29-15-19-7-9-21(37-19)25-17(3)31-27(39-25)33-23(35)11-12-24(36)34-28-32-18(4)26(40-28)22-10-8-20(38-22)16-30-14-6-2/h5-10,15,30H,1-2,11-14,16H2,3-4H3,(H,31,33,35)(H,32,34,36). The molecule has 4 aromatic rings. The molecule has 8 nitrogen and oxygen atoms in total. The largest absolute Gasteiger partial charge is 0.308 e. The van der Waals surface area contributed by atoms with Gasteiger partial charge >= 0.3 is 0 Å². The van der Waals surface area contributed by atoms with E-state index in [1.165, 1.54) is 27.6 Å². The number of aryl methyl sites for hydroxylation is 2. The lowest BCUT2D eigenvalue weighted by Gasteiger charge is -2.02. The van der Waals surface area contributed by atoms with E-state index in [1.54, 1.807) is 28.7 Å². The molecule has 208 valence electrons. The number of rotatable bonds is 14. The van der Waals surface area contributed by atoms with Crippen LogP contribution in [0, 0.1) is 13.8 Å². The van der Waals surface area contributed by atoms with Crippen molar-refractivity contribution in [1.82, 2.24) is 15.3 Å². The highest BCUT2D eigenvalue weighted by atomic mass is 32.1. The molecule has 0 spiro atoms. The fourth-order valence-corrected chi connectivity index (χ4v) is 7.77. The summed E-state index contributed by atoms with van der Waals surface area (Å²) in [5.74, 6) is -0.512. The average molecular weight is 611 g/mol. The summed E-state index contributed by atoms with van der Waals surface area (Å²) in [5, 5.41) is 10.0. The molecule has 0 saturated carbocycles. The van der Waals surface area contributed by atoms with E-state index in [0.29, 0.717) is 16.8 Å². The average Bonchev–Trinajstić information content (AvgIpc) is 3.71. The van der Waals surface area contributed by atoms with Crippen LogP contribution >= 0.6 is 45.3 Å². The van der Waals surface area contributed by atoms with Gasteiger partial charge in [0.2, 0.25) is 11.8 Å². The molecule has 3 N–H and O–H groups in total. The minimum Gasteiger partial charge on any atom is -0.308 e. The quantitative estimate of drug-likeness (QED) is 0.0817. The first-order valence-corrected chi connectivity index (χ1v) is 15.8. The summed E-state index contributed by atoms with van der Waals surface area (Å²) in [6.45, 7) is 13.4. The van der Waals surface area contributed by atoms with E-state index in [0.717, 1.165) is 48.9 Å². The maximum absolute atomic E-state index is 12.6. The highest BCUT2D eigenvalue weighted by Crippen LogP contribution is 2.38. The first-order chi connectivity index (χ1) is 19.4. The van der Waals surface area contributed by atoms with E-state index in [-0.39, 0.29) is 24.7 Å². The van der Waals surface area contributed by atoms with E-state index >= 15 is 0 Å². The zero-order chi connectivity index (χ0) is 28.5. The van der Waals surface area contributed by atoms with E-state index in [4.69, 9.17) is 0 Å². The molecule has 0 aromatic carbocycles. The molecule has 40 heavy (non-hydrogen) atoms. The maximum Gasteiger partial charge on any atom is 0.226 e. The highest BCUT2D eigenvalue weighted by Gasteiger charge is 2.17. The van der Waals surface area contributed by atoms with E-state index in [1.807, 2.05) is 38.3 Å². The van der Waals surface area contributed by atoms with Crippen LogP contribution in [0.4, 0.5) is 10.3 Å². The minimum absolute atomic E-state index is 0.0475. The SMILES string of the molecule is C=CCN=Cc1ccc(-c2sc(NC(=O)CCC(=O)Nc3nc(C)c(-c4ccc(CNCC=C)s4)s3)nc2C)s1. The van der Waals surface area contributed by atoms with Gasteiger partial charge in [0.25, 0.3) is 0 Å². The molecule has 4 heterocycles. The van der Waals surface area contributed by atoms with Crippen LogP contribution < -0.4 is 16.0 Å². The van der Waals surface area contributed by atoms with Gasteiger partial charge in [0.1, 0.15) is 0 Å². The van der Waals surface area contributed by atoms with Gasteiger partial charge in [0.05, 0.1) is 27.7 Å². The van der Waals surface area contributed by atoms with Gasteiger partial charge < -0.3 is 16.0 Å². The van der Waals surface area contributed by atoms with E-state index in [2.05, 4.69) is 56.2 Å². The molecule has 0 aliphatic heterocycles. The molecule has 12 heteroatoms. The number of nitrogens with zero attached hydrogens (tertiary/aromatic N) is 3. The van der Waals surface area contributed by atoms with Crippen LogP contribution in [0.2, 0.25) is 0 Å². The number of thiazole rings is 2. The Balaban J connectivity index is 1.27. The Hall–Kier alpha value is -3.29. The number of nitrogens with one attached hydrogen (secondary N) is 3. The summed E-state index contributed by atoms with van der Waals surface area (Å²) < 4.78 is 0. The molecule has 4 aromatic heterocycles. The number of hydrogen-bond donors (Lipinski definition) is 3. The predicted octanol–water partition coefficient (Wildman–Crippen LogP) is 6.91. The minimum atomic E-state index is -0.258. The molecule has 4 rings (SSSR count). The first-order valence-electron chi connectivity index (χ1n) is 12.5. The van der Waals surface area contributed by atoms with Gasteiger partial charge in [-0.3, -0.25) is 14.6 Å². The maximum atomic E-state index is 12.6. The third kappa shape index (κ3) is 8.12. The van der Waals surface area contributed by atoms with Crippen molar-refractivity contribution in [3.05, 3.63) is 70.7 Å². The molecule has 0 radical (unpaired) electrons. The van der Waals surface area contributed by atoms with Crippen LogP contribution in [0.3, 0.4) is 0 Å². The molecular formula is C28H30N6O2S4. The molecule has 2 amide bonds. The summed E-state index contributed by atoms with van der Waals surface area (Å²) >= 11 is 6.17. The molecular weight excluding hydrogens is 581 g/mol. The van der Waals surface area contributed by atoms with Crippen LogP contribution in [0.1, 0.15) is 34.0 Å². The lowest BCUT2D eigenvalue weighted by atomic mass is 10.3. The fourth-order valence-electron chi connectivity index (χ4n) is 3.60. The van der Waals surface area contributed by atoms with Crippen molar-refractivity contribution in [1.29, 1.82) is 0 Å². The number of aliphatic imine (C=N–C) groups is 1. The Morgan fingerprint density at radius 3 is 2.05 bits per heavy atom. The van der Waals surface area contributed by atoms with Crippen LogP contribution in [-0.4, -0.2) is 41.1 Å². The number of carbonyl (C=O) groups excluding carboxylic acids is 2. The number of thiophene rings is 2. The number of anilines is 2. The third-order valence-electron chi connectivity index (χ3n) is 5.44. The topological polar surface area (TPSA) is 108 Å². The third-order valence-corrected chi connectivity index (χ3v) is 10.1. The zero-order valence-electron chi connectivity index (χ0n) is 22.3. The van der Waals surface area contributed by atoms with Crippen molar-refractivity contribution in [2.45, 2.75) is 33.2 Å². The highest BCUT2D eigenvalue weighted by molar-refractivity contribution is 7.25. The summed E-state index contributed by atoms with van der Waals surface area (Å²) in [7, 11) is 0. The predicted molar refractivity (Wildman–Crippen MR) is 171 cm³/mol. The van der Waals surface area contributed by atoms with Crippen LogP contribution in [0.15, 0.2) is 54.6 Å². The number of amides is 2. The summed E-state index contributed by atoms with van der Waals surface area (Å²) in [4.78, 5) is 44.9. The molecule has 0 fully saturated rings. The second-order valence-electron chi connectivity index (χ2n) is 8.63. The van der Waals surface area contributed by atoms with Crippen molar-refractivity contribution >= 4 is 73.6 Å². The Morgan fingerprint density at radius 1 is 0.850 bits per heavy atom. The zero-order valence-corrected chi connectivity index (χ0v) is 25.5. The lowest BCUT2D eigenvalue weighted by molar-refractivity contribution is -0.121. The first kappa shape index (κ1) is 29.7. The number of carbonyl (C=O) groups is 2. The molecule has 0 saturated heterocycles. The Bertz CT molecular complexity index is 1530. The second kappa shape index (κ2) is 14.4. The van der Waals surface area contributed by atoms with Gasteiger partial charge in [-0.2, -0.15) is 0 Å². The van der Waals surface area contributed by atoms with Gasteiger partial charge in [0.15, 0.2) is 10.3 Å². The van der Waals surface area contributed by atoms with Gasteiger partial charge in [-0.15, -0.1) is 35.8 Å². The molecule has 0 aliphatic rings. The summed E-state index contributed by atoms with van der Waals surface area (Å²) in [5.41, 5.74) is 1.71. The van der Waals surface area contributed by atoms with Crippen molar-refractivity contribution in [3.8, 4) is 19.5 Å². The Kier molecular flexibility index (Phi) is 10.7. The van der Waals surface area contributed by atoms with Crippen molar-refractivity contribution in [3.63, 3.8) is 0 Å². The Labute approximate surface area is 249 Å². The molecule has 0 bridgehead atoms. The van der Waals surface area contributed by atoms with Gasteiger partial charge in [-0.25, -0.2) is 9.97 Å². The van der Waals surface area contributed by atoms with Crippen LogP contribution in [0.25, 0.3) is 19.5 Å². The smallest absolute Gasteiger partial charge is 0.226 e. The van der Waals surface area contributed by atoms with E-state index in [9.17, 15) is 9.59 Å². The normalized spacial score (nSPS) is 11.2. The van der Waals surface area contributed by atoms with Crippen molar-refractivity contribution in [2.75, 3.05) is 23.7 Å². The van der Waals surface area contributed by atoms with Gasteiger partial charge in [0, 0.05) is 51.7 Å². The fraction of sp³-hybridized carbons (Fsp3) is 0.250. The Morgan fingerprint density at radius 2 is 1.45 bits per heavy atom. The molecule has 0 aliphatic carbocycles. The summed E-state index contributed by atoms with van der Waals surface area (Å²) in [6.07, 6.45) is 5.51. The van der Waals surface area contributed by atoms with Crippen LogP contribution in [-0.2, 0) is 16.1 Å². The monoisotopic (exact) mass is 610 g/mol. The van der Waals surface area contributed by atoms with Crippen LogP contribution in [0.5, 0.6) is 0 Å². The van der Waals surface area contributed by atoms with Crippen molar-refractivity contribution in [2.24, 2.45) is 4.99 Å². The number of aromatic nitrogens is 2. The van der Waals surface area contributed by atoms with Crippen molar-refractivity contribution < 1.29 is 9.59 Å². The lowest BCUT2D eigenvalue weighted by Crippen LogP contribution is -2.17. The molecule has 0 atom stereocenters. The molecule has 0 unspecified atom stereocenters. The van der Waals surface area contributed by atoms with E-state index < -0.39 is 0 Å². The summed E-state index contributed by atoms with van der Waals surface area (Å²) in [6, 6.07) is 8.21. The van der Waals surface area contributed by atoms with Gasteiger partial charge in [-0.05, 0) is 38.1 Å². The number of hydrogen-bond acceptors (Lipinski definition) is 10.